The summed E-state index contributed by atoms with van der Waals surface area (Å²) >= 11 is 0. The predicted octanol–water partition coefficient (Wildman–Crippen LogP) is 2.75. The Morgan fingerprint density at radius 1 is 1.28 bits per heavy atom. The van der Waals surface area contributed by atoms with Gasteiger partial charge in [0.2, 0.25) is 5.71 Å². The van der Waals surface area contributed by atoms with E-state index in [1.54, 1.807) is 11.8 Å². The van der Waals surface area contributed by atoms with Gasteiger partial charge in [0, 0.05) is 13.1 Å². The van der Waals surface area contributed by atoms with Crippen molar-refractivity contribution in [3.8, 4) is 0 Å². The van der Waals surface area contributed by atoms with Gasteiger partial charge in [0.05, 0.1) is 11.9 Å². The molecule has 25 heavy (non-hydrogen) atoms. The smallest absolute Gasteiger partial charge is 0.262 e. The van der Waals surface area contributed by atoms with Crippen molar-refractivity contribution < 1.29 is 9.21 Å². The van der Waals surface area contributed by atoms with Crippen LogP contribution in [0.3, 0.4) is 0 Å². The Bertz CT molecular complexity index is 1030. The van der Waals surface area contributed by atoms with Gasteiger partial charge in [-0.25, -0.2) is 4.98 Å². The van der Waals surface area contributed by atoms with E-state index in [4.69, 9.17) is 4.42 Å². The number of benzene rings is 1. The Morgan fingerprint density at radius 3 is 2.80 bits per heavy atom. The second-order valence-electron chi connectivity index (χ2n) is 6.04. The van der Waals surface area contributed by atoms with Crippen LogP contribution in [-0.4, -0.2) is 33.9 Å². The van der Waals surface area contributed by atoms with Gasteiger partial charge >= 0.3 is 0 Å². The lowest BCUT2D eigenvalue weighted by atomic mass is 9.99. The highest BCUT2D eigenvalue weighted by molar-refractivity contribution is 6.06. The molecule has 1 aromatic carbocycles. The summed E-state index contributed by atoms with van der Waals surface area (Å²) in [6.07, 6.45) is 4.12. The zero-order chi connectivity index (χ0) is 17.4. The fraction of sp³-hybridized carbons (Fsp3) is 0.211. The van der Waals surface area contributed by atoms with Crippen LogP contribution in [0.4, 0.5) is 0 Å². The zero-order valence-electron chi connectivity index (χ0n) is 13.8. The van der Waals surface area contributed by atoms with Crippen molar-refractivity contribution in [3.63, 3.8) is 0 Å². The van der Waals surface area contributed by atoms with Crippen LogP contribution in [0.15, 0.2) is 51.9 Å². The number of nitrogens with one attached hydrogen (secondary N) is 1. The molecule has 3 aromatic rings. The Morgan fingerprint density at radius 2 is 2.08 bits per heavy atom. The summed E-state index contributed by atoms with van der Waals surface area (Å²) in [6.45, 7) is 2.79. The number of aromatic nitrogens is 2. The molecule has 1 amide bonds. The van der Waals surface area contributed by atoms with Crippen LogP contribution < -0.4 is 5.56 Å². The van der Waals surface area contributed by atoms with Gasteiger partial charge in [-0.2, -0.15) is 0 Å². The molecule has 1 N–H and O–H groups in total. The first-order valence-corrected chi connectivity index (χ1v) is 8.15. The number of rotatable bonds is 2. The molecule has 0 spiro atoms. The fourth-order valence-corrected chi connectivity index (χ4v) is 3.24. The minimum atomic E-state index is -0.359. The number of H-pyrrole nitrogens is 1. The van der Waals surface area contributed by atoms with E-state index in [2.05, 4.69) is 28.2 Å². The van der Waals surface area contributed by atoms with Gasteiger partial charge in [-0.1, -0.05) is 36.4 Å². The van der Waals surface area contributed by atoms with Gasteiger partial charge in [-0.3, -0.25) is 9.59 Å². The average Bonchev–Trinajstić information content (AvgIpc) is 2.99. The van der Waals surface area contributed by atoms with E-state index >= 15 is 0 Å². The molecular weight excluding hydrogens is 318 g/mol. The number of carbonyl (C=O) groups excluding carboxylic acids is 1. The van der Waals surface area contributed by atoms with Crippen molar-refractivity contribution >= 4 is 22.6 Å². The van der Waals surface area contributed by atoms with Crippen LogP contribution in [-0.2, 0) is 0 Å². The fourth-order valence-electron chi connectivity index (χ4n) is 3.24. The SMILES string of the molecule is Cc1oc2nc[nH]c(=O)c2c1C(=O)N1CC=C(c2ccccc2)CC1. The molecule has 126 valence electrons. The molecule has 1 aliphatic rings. The van der Waals surface area contributed by atoms with Gasteiger partial charge in [-0.05, 0) is 24.5 Å². The largest absolute Gasteiger partial charge is 0.442 e. The van der Waals surface area contributed by atoms with Gasteiger partial charge in [-0.15, -0.1) is 0 Å². The van der Waals surface area contributed by atoms with Crippen LogP contribution in [0.25, 0.3) is 16.7 Å². The molecule has 0 saturated heterocycles. The lowest BCUT2D eigenvalue weighted by molar-refractivity contribution is 0.0772. The molecule has 0 atom stereocenters. The standard InChI is InChI=1S/C19H17N3O3/c1-12-15(16-17(23)20-11-21-18(16)25-12)19(24)22-9-7-14(8-10-22)13-5-3-2-4-6-13/h2-7,11H,8-10H2,1H3,(H,20,21,23). The van der Waals surface area contributed by atoms with E-state index in [1.807, 2.05) is 18.2 Å². The number of hydrogen-bond acceptors (Lipinski definition) is 4. The highest BCUT2D eigenvalue weighted by Crippen LogP contribution is 2.26. The van der Waals surface area contributed by atoms with E-state index in [0.29, 0.717) is 24.4 Å². The van der Waals surface area contributed by atoms with Gasteiger partial charge in [0.15, 0.2) is 0 Å². The third-order valence-corrected chi connectivity index (χ3v) is 4.52. The van der Waals surface area contributed by atoms with Crippen LogP contribution in [0.5, 0.6) is 0 Å². The molecule has 3 heterocycles. The second-order valence-corrected chi connectivity index (χ2v) is 6.04. The molecule has 0 bridgehead atoms. The monoisotopic (exact) mass is 335 g/mol. The molecule has 4 rings (SSSR count). The molecule has 0 unspecified atom stereocenters. The molecule has 6 nitrogen and oxygen atoms in total. The quantitative estimate of drug-likeness (QED) is 0.781. The summed E-state index contributed by atoms with van der Waals surface area (Å²) in [5.74, 6) is 0.222. The Labute approximate surface area is 143 Å². The number of amides is 1. The Kier molecular flexibility index (Phi) is 3.72. The van der Waals surface area contributed by atoms with Crippen molar-refractivity contribution in [2.75, 3.05) is 13.1 Å². The number of furan rings is 1. The maximum Gasteiger partial charge on any atom is 0.262 e. The molecule has 6 heteroatoms. The highest BCUT2D eigenvalue weighted by Gasteiger charge is 2.27. The third kappa shape index (κ3) is 2.65. The second kappa shape index (κ2) is 6.05. The molecule has 2 aromatic heterocycles. The summed E-state index contributed by atoms with van der Waals surface area (Å²) in [5.41, 5.74) is 2.56. The van der Waals surface area contributed by atoms with Crippen molar-refractivity contribution in [1.29, 1.82) is 0 Å². The first kappa shape index (κ1) is 15.4. The summed E-state index contributed by atoms with van der Waals surface area (Å²) in [5, 5.41) is 0.225. The number of nitrogens with zero attached hydrogens (tertiary/aromatic N) is 2. The van der Waals surface area contributed by atoms with E-state index < -0.39 is 0 Å². The highest BCUT2D eigenvalue weighted by atomic mass is 16.3. The normalized spacial score (nSPS) is 14.6. The molecular formula is C19H17N3O3. The van der Waals surface area contributed by atoms with Crippen molar-refractivity contribution in [2.24, 2.45) is 0 Å². The van der Waals surface area contributed by atoms with Crippen LogP contribution >= 0.6 is 0 Å². The zero-order valence-corrected chi connectivity index (χ0v) is 13.8. The molecule has 0 saturated carbocycles. The van der Waals surface area contributed by atoms with Crippen molar-refractivity contribution in [3.05, 3.63) is 70.0 Å². The molecule has 1 aliphatic heterocycles. The molecule has 0 radical (unpaired) electrons. The summed E-state index contributed by atoms with van der Waals surface area (Å²) in [7, 11) is 0. The van der Waals surface area contributed by atoms with Crippen LogP contribution in [0.1, 0.15) is 28.1 Å². The van der Waals surface area contributed by atoms with E-state index in [-0.39, 0.29) is 22.6 Å². The number of aryl methyl sites for hydroxylation is 1. The maximum absolute atomic E-state index is 12.9. The lowest BCUT2D eigenvalue weighted by Crippen LogP contribution is -2.35. The minimum Gasteiger partial charge on any atom is -0.442 e. The topological polar surface area (TPSA) is 79.2 Å². The lowest BCUT2D eigenvalue weighted by Gasteiger charge is -2.26. The molecule has 0 fully saturated rings. The summed E-state index contributed by atoms with van der Waals surface area (Å²) < 4.78 is 5.49. The van der Waals surface area contributed by atoms with E-state index in [1.165, 1.54) is 17.5 Å². The van der Waals surface area contributed by atoms with Crippen LogP contribution in [0, 0.1) is 6.92 Å². The summed E-state index contributed by atoms with van der Waals surface area (Å²) in [4.78, 5) is 33.3. The molecule has 0 aliphatic carbocycles. The third-order valence-electron chi connectivity index (χ3n) is 4.52. The Balaban J connectivity index is 1.65. The van der Waals surface area contributed by atoms with Gasteiger partial charge < -0.3 is 14.3 Å². The van der Waals surface area contributed by atoms with Crippen LogP contribution in [0.2, 0.25) is 0 Å². The Hall–Kier alpha value is -3.15. The number of fused-ring (bicyclic) bond motifs is 1. The summed E-state index contributed by atoms with van der Waals surface area (Å²) in [6, 6.07) is 10.1. The van der Waals surface area contributed by atoms with Gasteiger partial charge in [0.25, 0.3) is 11.5 Å². The van der Waals surface area contributed by atoms with E-state index in [0.717, 1.165) is 6.42 Å². The van der Waals surface area contributed by atoms with E-state index in [9.17, 15) is 9.59 Å². The minimum absolute atomic E-state index is 0.196. The first-order chi connectivity index (χ1) is 12.1. The maximum atomic E-state index is 12.9. The predicted molar refractivity (Wildman–Crippen MR) is 94.3 cm³/mol. The van der Waals surface area contributed by atoms with Crippen molar-refractivity contribution in [1.82, 2.24) is 14.9 Å². The first-order valence-electron chi connectivity index (χ1n) is 8.15. The number of carbonyl (C=O) groups is 1. The number of hydrogen-bond donors (Lipinski definition) is 1. The van der Waals surface area contributed by atoms with Gasteiger partial charge in [0.1, 0.15) is 11.1 Å². The van der Waals surface area contributed by atoms with Crippen molar-refractivity contribution in [2.45, 2.75) is 13.3 Å². The number of aromatic amines is 1. The average molecular weight is 335 g/mol.